The van der Waals surface area contributed by atoms with Gasteiger partial charge in [0.15, 0.2) is 0 Å². The standard InChI is InChI=1S/C19H16O2S/c1-22-18-9-7-15(8-10-18)12-17-13-16(19(20)21-17)11-14-5-3-2-4-6-14/h2-11,13H,12H2,1H3/b16-11+. The molecule has 0 fully saturated rings. The molecule has 0 bridgehead atoms. The number of carbonyl (C=O) groups is 1. The van der Waals surface area contributed by atoms with Crippen LogP contribution in [0.4, 0.5) is 0 Å². The SMILES string of the molecule is CSc1ccc(CC2=C/C(=C\c3ccccc3)C(=O)O2)cc1. The van der Waals surface area contributed by atoms with Crippen molar-refractivity contribution < 1.29 is 9.53 Å². The highest BCUT2D eigenvalue weighted by molar-refractivity contribution is 7.98. The number of cyclic esters (lactones) is 1. The average molecular weight is 308 g/mol. The summed E-state index contributed by atoms with van der Waals surface area (Å²) < 4.78 is 5.36. The molecule has 0 N–H and O–H groups in total. The van der Waals surface area contributed by atoms with Crippen LogP contribution in [-0.2, 0) is 16.0 Å². The van der Waals surface area contributed by atoms with Crippen LogP contribution in [0.3, 0.4) is 0 Å². The number of ether oxygens (including phenoxy) is 1. The van der Waals surface area contributed by atoms with Crippen molar-refractivity contribution in [2.45, 2.75) is 11.3 Å². The van der Waals surface area contributed by atoms with Gasteiger partial charge in [0.1, 0.15) is 5.76 Å². The van der Waals surface area contributed by atoms with E-state index in [1.54, 1.807) is 11.8 Å². The predicted octanol–water partition coefficient (Wildman–Crippen LogP) is 4.48. The summed E-state index contributed by atoms with van der Waals surface area (Å²) >= 11 is 1.71. The summed E-state index contributed by atoms with van der Waals surface area (Å²) in [5, 5.41) is 0. The van der Waals surface area contributed by atoms with Gasteiger partial charge in [-0.3, -0.25) is 0 Å². The van der Waals surface area contributed by atoms with Crippen LogP contribution in [0.2, 0.25) is 0 Å². The van der Waals surface area contributed by atoms with Gasteiger partial charge >= 0.3 is 5.97 Å². The second kappa shape index (κ2) is 6.67. The Morgan fingerprint density at radius 3 is 2.45 bits per heavy atom. The van der Waals surface area contributed by atoms with Crippen molar-refractivity contribution in [3.8, 4) is 0 Å². The molecule has 2 aromatic rings. The van der Waals surface area contributed by atoms with Crippen LogP contribution in [-0.4, -0.2) is 12.2 Å². The molecule has 1 heterocycles. The molecule has 0 amide bonds. The fourth-order valence-electron chi connectivity index (χ4n) is 2.30. The number of thioether (sulfide) groups is 1. The summed E-state index contributed by atoms with van der Waals surface area (Å²) in [4.78, 5) is 13.2. The molecule has 0 atom stereocenters. The maximum atomic E-state index is 11.9. The molecule has 0 radical (unpaired) electrons. The van der Waals surface area contributed by atoms with Crippen LogP contribution in [0.15, 0.2) is 76.9 Å². The number of allylic oxidation sites excluding steroid dienone is 1. The van der Waals surface area contributed by atoms with Crippen molar-refractivity contribution in [3.63, 3.8) is 0 Å². The first-order valence-electron chi connectivity index (χ1n) is 7.07. The van der Waals surface area contributed by atoms with Gasteiger partial charge in [0.25, 0.3) is 0 Å². The second-order valence-electron chi connectivity index (χ2n) is 5.04. The number of rotatable bonds is 4. The van der Waals surface area contributed by atoms with Crippen LogP contribution in [0.25, 0.3) is 6.08 Å². The minimum absolute atomic E-state index is 0.278. The van der Waals surface area contributed by atoms with E-state index in [0.717, 1.165) is 11.1 Å². The van der Waals surface area contributed by atoms with E-state index in [2.05, 4.69) is 30.5 Å². The van der Waals surface area contributed by atoms with Crippen LogP contribution in [0, 0.1) is 0 Å². The largest absolute Gasteiger partial charge is 0.427 e. The Kier molecular flexibility index (Phi) is 4.45. The summed E-state index contributed by atoms with van der Waals surface area (Å²) in [7, 11) is 0. The number of hydrogen-bond acceptors (Lipinski definition) is 3. The van der Waals surface area contributed by atoms with Gasteiger partial charge in [-0.05, 0) is 41.7 Å². The molecule has 3 heteroatoms. The maximum absolute atomic E-state index is 11.9. The first-order valence-corrected chi connectivity index (χ1v) is 8.29. The van der Waals surface area contributed by atoms with Gasteiger partial charge < -0.3 is 4.74 Å². The van der Waals surface area contributed by atoms with Gasteiger partial charge in [-0.2, -0.15) is 0 Å². The number of benzene rings is 2. The molecule has 0 saturated carbocycles. The fourth-order valence-corrected chi connectivity index (χ4v) is 2.71. The van der Waals surface area contributed by atoms with Crippen molar-refractivity contribution in [2.75, 3.05) is 6.26 Å². The minimum Gasteiger partial charge on any atom is -0.427 e. The van der Waals surface area contributed by atoms with E-state index in [1.807, 2.05) is 42.5 Å². The number of esters is 1. The first kappa shape index (κ1) is 14.7. The fraction of sp³-hybridized carbons (Fsp3) is 0.105. The van der Waals surface area contributed by atoms with Crippen LogP contribution >= 0.6 is 11.8 Å². The zero-order chi connectivity index (χ0) is 15.4. The van der Waals surface area contributed by atoms with Gasteiger partial charge in [0.05, 0.1) is 5.57 Å². The average Bonchev–Trinajstić information content (AvgIpc) is 2.88. The highest BCUT2D eigenvalue weighted by Gasteiger charge is 2.20. The van der Waals surface area contributed by atoms with E-state index in [9.17, 15) is 4.79 Å². The third kappa shape index (κ3) is 3.49. The van der Waals surface area contributed by atoms with Crippen LogP contribution < -0.4 is 0 Å². The van der Waals surface area contributed by atoms with Crippen molar-refractivity contribution in [1.82, 2.24) is 0 Å². The summed E-state index contributed by atoms with van der Waals surface area (Å²) in [6.45, 7) is 0. The molecule has 0 aliphatic carbocycles. The Balaban J connectivity index is 1.76. The van der Waals surface area contributed by atoms with E-state index in [-0.39, 0.29) is 5.97 Å². The molecular formula is C19H16O2S. The lowest BCUT2D eigenvalue weighted by Gasteiger charge is -2.03. The highest BCUT2D eigenvalue weighted by atomic mass is 32.2. The van der Waals surface area contributed by atoms with Crippen LogP contribution in [0.1, 0.15) is 11.1 Å². The van der Waals surface area contributed by atoms with Gasteiger partial charge in [-0.1, -0.05) is 42.5 Å². The van der Waals surface area contributed by atoms with E-state index in [4.69, 9.17) is 4.74 Å². The smallest absolute Gasteiger partial charge is 0.343 e. The molecule has 0 saturated heterocycles. The Morgan fingerprint density at radius 2 is 1.77 bits per heavy atom. The zero-order valence-corrected chi connectivity index (χ0v) is 13.1. The predicted molar refractivity (Wildman–Crippen MR) is 90.5 cm³/mol. The van der Waals surface area contributed by atoms with E-state index in [1.165, 1.54) is 4.90 Å². The van der Waals surface area contributed by atoms with Crippen molar-refractivity contribution >= 4 is 23.8 Å². The van der Waals surface area contributed by atoms with Gasteiger partial charge in [-0.25, -0.2) is 4.79 Å². The van der Waals surface area contributed by atoms with Crippen molar-refractivity contribution in [2.24, 2.45) is 0 Å². The Labute approximate surface area is 134 Å². The molecule has 0 spiro atoms. The molecular weight excluding hydrogens is 292 g/mol. The molecule has 110 valence electrons. The maximum Gasteiger partial charge on any atom is 0.343 e. The first-order chi connectivity index (χ1) is 10.7. The van der Waals surface area contributed by atoms with E-state index < -0.39 is 0 Å². The molecule has 1 aliphatic rings. The topological polar surface area (TPSA) is 26.3 Å². The van der Waals surface area contributed by atoms with Crippen LogP contribution in [0.5, 0.6) is 0 Å². The quantitative estimate of drug-likeness (QED) is 0.473. The summed E-state index contributed by atoms with van der Waals surface area (Å²) in [5.74, 6) is 0.420. The van der Waals surface area contributed by atoms with Crippen molar-refractivity contribution in [1.29, 1.82) is 0 Å². The Bertz CT molecular complexity index is 728. The lowest BCUT2D eigenvalue weighted by Crippen LogP contribution is -1.98. The number of hydrogen-bond donors (Lipinski definition) is 0. The molecule has 0 unspecified atom stereocenters. The van der Waals surface area contributed by atoms with Gasteiger partial charge in [0.2, 0.25) is 0 Å². The highest BCUT2D eigenvalue weighted by Crippen LogP contribution is 2.24. The van der Waals surface area contributed by atoms with E-state index >= 15 is 0 Å². The third-order valence-electron chi connectivity index (χ3n) is 3.44. The third-order valence-corrected chi connectivity index (χ3v) is 4.18. The summed E-state index contributed by atoms with van der Waals surface area (Å²) in [6.07, 6.45) is 6.37. The van der Waals surface area contributed by atoms with E-state index in [0.29, 0.717) is 17.8 Å². The Morgan fingerprint density at radius 1 is 1.05 bits per heavy atom. The van der Waals surface area contributed by atoms with Gasteiger partial charge in [0, 0.05) is 11.3 Å². The molecule has 2 nitrogen and oxygen atoms in total. The molecule has 2 aromatic carbocycles. The zero-order valence-electron chi connectivity index (χ0n) is 12.3. The summed E-state index contributed by atoms with van der Waals surface area (Å²) in [6, 6.07) is 18.1. The molecule has 3 rings (SSSR count). The monoisotopic (exact) mass is 308 g/mol. The van der Waals surface area contributed by atoms with Crippen molar-refractivity contribution in [3.05, 3.63) is 83.1 Å². The molecule has 22 heavy (non-hydrogen) atoms. The molecule has 1 aliphatic heterocycles. The minimum atomic E-state index is -0.278. The normalized spacial score (nSPS) is 15.8. The lowest BCUT2D eigenvalue weighted by molar-refractivity contribution is -0.133. The Hall–Kier alpha value is -2.26. The molecule has 0 aromatic heterocycles. The number of carbonyl (C=O) groups excluding carboxylic acids is 1. The van der Waals surface area contributed by atoms with Gasteiger partial charge in [-0.15, -0.1) is 11.8 Å². The lowest BCUT2D eigenvalue weighted by atomic mass is 10.1. The second-order valence-corrected chi connectivity index (χ2v) is 5.92. The summed E-state index contributed by atoms with van der Waals surface area (Å²) in [5.41, 5.74) is 2.73.